The van der Waals surface area contributed by atoms with Gasteiger partial charge in [0.2, 0.25) is 0 Å². The minimum atomic E-state index is -0.498. The molecule has 0 aliphatic carbocycles. The van der Waals surface area contributed by atoms with Crippen molar-refractivity contribution in [1.82, 2.24) is 9.88 Å². The Morgan fingerprint density at radius 2 is 2.26 bits per heavy atom. The van der Waals surface area contributed by atoms with E-state index in [4.69, 9.17) is 10.00 Å². The van der Waals surface area contributed by atoms with Gasteiger partial charge >= 0.3 is 6.09 Å². The number of amides is 1. The molecule has 1 amide bonds. The van der Waals surface area contributed by atoms with Gasteiger partial charge in [0.15, 0.2) is 0 Å². The molecule has 0 saturated carbocycles. The minimum Gasteiger partial charge on any atom is -0.444 e. The Kier molecular flexibility index (Phi) is 5.09. The third-order valence-corrected chi connectivity index (χ3v) is 3.82. The van der Waals surface area contributed by atoms with Crippen molar-refractivity contribution in [2.75, 3.05) is 25.0 Å². The molecule has 0 spiro atoms. The molecule has 1 fully saturated rings. The lowest BCUT2D eigenvalue weighted by atomic mass is 10.0. The molecule has 23 heavy (non-hydrogen) atoms. The van der Waals surface area contributed by atoms with E-state index in [1.807, 2.05) is 20.8 Å². The van der Waals surface area contributed by atoms with E-state index < -0.39 is 5.60 Å². The highest BCUT2D eigenvalue weighted by molar-refractivity contribution is 5.68. The highest BCUT2D eigenvalue weighted by Gasteiger charge is 2.29. The third-order valence-electron chi connectivity index (χ3n) is 3.82. The van der Waals surface area contributed by atoms with Crippen LogP contribution in [0.15, 0.2) is 18.3 Å². The molecule has 124 valence electrons. The molecule has 0 unspecified atom stereocenters. The van der Waals surface area contributed by atoms with Gasteiger partial charge in [-0.15, -0.1) is 0 Å². The normalized spacial score (nSPS) is 18.2. The van der Waals surface area contributed by atoms with Gasteiger partial charge in [-0.1, -0.05) is 0 Å². The van der Waals surface area contributed by atoms with E-state index in [1.165, 1.54) is 0 Å². The van der Waals surface area contributed by atoms with Crippen LogP contribution in [-0.2, 0) is 4.74 Å². The number of piperidine rings is 1. The first-order valence-corrected chi connectivity index (χ1v) is 7.87. The number of likely N-dealkylation sites (N-methyl/N-ethyl adjacent to an activating group) is 1. The van der Waals surface area contributed by atoms with Crippen molar-refractivity contribution in [3.63, 3.8) is 0 Å². The number of rotatable bonds is 2. The highest BCUT2D eigenvalue weighted by atomic mass is 16.6. The van der Waals surface area contributed by atoms with Crippen molar-refractivity contribution in [2.24, 2.45) is 0 Å². The Hall–Kier alpha value is -2.29. The maximum absolute atomic E-state index is 12.2. The van der Waals surface area contributed by atoms with Crippen LogP contribution >= 0.6 is 0 Å². The summed E-state index contributed by atoms with van der Waals surface area (Å²) in [6, 6.07) is 5.69. The standard InChI is InChI=1S/C17H24N4O2/c1-17(2,3)23-16(22)20(4)14-6-5-9-21(12-14)15-10-13(11-18)7-8-19-15/h7-8,10,14H,5-6,9,12H2,1-4H3/t14-/m1/s1. The van der Waals surface area contributed by atoms with Crippen molar-refractivity contribution < 1.29 is 9.53 Å². The fraction of sp³-hybridized carbons (Fsp3) is 0.588. The second kappa shape index (κ2) is 6.86. The van der Waals surface area contributed by atoms with Crippen LogP contribution in [0.2, 0.25) is 0 Å². The van der Waals surface area contributed by atoms with Gasteiger partial charge in [-0.3, -0.25) is 0 Å². The molecule has 0 aromatic carbocycles. The molecule has 6 heteroatoms. The van der Waals surface area contributed by atoms with Gasteiger partial charge in [0.05, 0.1) is 17.7 Å². The number of carbonyl (C=O) groups excluding carboxylic acids is 1. The molecule has 0 radical (unpaired) electrons. The number of hydrogen-bond acceptors (Lipinski definition) is 5. The first-order chi connectivity index (χ1) is 10.8. The fourth-order valence-corrected chi connectivity index (χ4v) is 2.62. The molecule has 1 aliphatic heterocycles. The molecule has 1 aromatic heterocycles. The zero-order valence-corrected chi connectivity index (χ0v) is 14.2. The SMILES string of the molecule is CN(C(=O)OC(C)(C)C)[C@@H]1CCCN(c2cc(C#N)ccn2)C1. The Morgan fingerprint density at radius 3 is 2.91 bits per heavy atom. The minimum absolute atomic E-state index is 0.0751. The number of pyridine rings is 1. The van der Waals surface area contributed by atoms with E-state index in [0.29, 0.717) is 12.1 Å². The summed E-state index contributed by atoms with van der Waals surface area (Å²) in [6.45, 7) is 7.16. The molecular formula is C17H24N4O2. The molecule has 0 N–H and O–H groups in total. The Morgan fingerprint density at radius 1 is 1.52 bits per heavy atom. The predicted octanol–water partition coefficient (Wildman–Crippen LogP) is 2.79. The maximum atomic E-state index is 12.2. The van der Waals surface area contributed by atoms with Gasteiger partial charge in [-0.25, -0.2) is 9.78 Å². The molecule has 0 bridgehead atoms. The predicted molar refractivity (Wildman–Crippen MR) is 88.2 cm³/mol. The Balaban J connectivity index is 2.05. The van der Waals surface area contributed by atoms with Crippen LogP contribution < -0.4 is 4.90 Å². The number of aromatic nitrogens is 1. The fourth-order valence-electron chi connectivity index (χ4n) is 2.62. The lowest BCUT2D eigenvalue weighted by Crippen LogP contribution is -2.50. The largest absolute Gasteiger partial charge is 0.444 e. The zero-order chi connectivity index (χ0) is 17.0. The van der Waals surface area contributed by atoms with Gasteiger partial charge in [0, 0.05) is 26.3 Å². The van der Waals surface area contributed by atoms with Crippen LogP contribution in [0, 0.1) is 11.3 Å². The Bertz CT molecular complexity index is 603. The van der Waals surface area contributed by atoms with E-state index in [2.05, 4.69) is 16.0 Å². The molecular weight excluding hydrogens is 292 g/mol. The third kappa shape index (κ3) is 4.59. The molecule has 1 atom stereocenters. The summed E-state index contributed by atoms with van der Waals surface area (Å²) in [7, 11) is 1.78. The van der Waals surface area contributed by atoms with Crippen molar-refractivity contribution in [3.05, 3.63) is 23.9 Å². The second-order valence-corrected chi connectivity index (χ2v) is 6.85. The van der Waals surface area contributed by atoms with Crippen LogP contribution in [0.5, 0.6) is 0 Å². The number of nitriles is 1. The number of hydrogen-bond donors (Lipinski definition) is 0. The number of carbonyl (C=O) groups is 1. The average Bonchev–Trinajstić information content (AvgIpc) is 2.52. The molecule has 1 aromatic rings. The smallest absolute Gasteiger partial charge is 0.410 e. The van der Waals surface area contributed by atoms with E-state index in [-0.39, 0.29) is 12.1 Å². The van der Waals surface area contributed by atoms with Crippen LogP contribution in [0.1, 0.15) is 39.2 Å². The van der Waals surface area contributed by atoms with Crippen molar-refractivity contribution in [2.45, 2.75) is 45.3 Å². The molecule has 1 aliphatic rings. The van der Waals surface area contributed by atoms with E-state index >= 15 is 0 Å². The highest BCUT2D eigenvalue weighted by Crippen LogP contribution is 2.22. The summed E-state index contributed by atoms with van der Waals surface area (Å²) in [5.41, 5.74) is 0.0974. The van der Waals surface area contributed by atoms with Crippen LogP contribution in [0.25, 0.3) is 0 Å². The van der Waals surface area contributed by atoms with Crippen LogP contribution in [0.4, 0.5) is 10.6 Å². The summed E-state index contributed by atoms with van der Waals surface area (Å²) in [5, 5.41) is 9.02. The van der Waals surface area contributed by atoms with Gasteiger partial charge in [0.1, 0.15) is 11.4 Å². The summed E-state index contributed by atoms with van der Waals surface area (Å²) >= 11 is 0. The van der Waals surface area contributed by atoms with Gasteiger partial charge in [0.25, 0.3) is 0 Å². The lowest BCUT2D eigenvalue weighted by Gasteiger charge is -2.38. The van der Waals surface area contributed by atoms with Crippen molar-refractivity contribution in [3.8, 4) is 6.07 Å². The topological polar surface area (TPSA) is 69.5 Å². The Labute approximate surface area is 137 Å². The first kappa shape index (κ1) is 17.1. The second-order valence-electron chi connectivity index (χ2n) is 6.85. The average molecular weight is 316 g/mol. The number of ether oxygens (including phenoxy) is 1. The van der Waals surface area contributed by atoms with Crippen LogP contribution in [0.3, 0.4) is 0 Å². The summed E-state index contributed by atoms with van der Waals surface area (Å²) in [5.74, 6) is 0.784. The zero-order valence-electron chi connectivity index (χ0n) is 14.2. The van der Waals surface area contributed by atoms with Crippen LogP contribution in [-0.4, -0.2) is 47.8 Å². The molecule has 1 saturated heterocycles. The monoisotopic (exact) mass is 316 g/mol. The van der Waals surface area contributed by atoms with Crippen molar-refractivity contribution in [1.29, 1.82) is 5.26 Å². The van der Waals surface area contributed by atoms with E-state index in [1.54, 1.807) is 30.3 Å². The molecule has 6 nitrogen and oxygen atoms in total. The van der Waals surface area contributed by atoms with E-state index in [0.717, 1.165) is 25.2 Å². The first-order valence-electron chi connectivity index (χ1n) is 7.87. The summed E-state index contributed by atoms with van der Waals surface area (Å²) < 4.78 is 5.44. The lowest BCUT2D eigenvalue weighted by molar-refractivity contribution is 0.0209. The summed E-state index contributed by atoms with van der Waals surface area (Å²) in [6.07, 6.45) is 3.25. The van der Waals surface area contributed by atoms with Gasteiger partial charge in [-0.05, 0) is 45.7 Å². The maximum Gasteiger partial charge on any atom is 0.410 e. The quantitative estimate of drug-likeness (QED) is 0.839. The van der Waals surface area contributed by atoms with Crippen molar-refractivity contribution >= 4 is 11.9 Å². The summed E-state index contributed by atoms with van der Waals surface area (Å²) in [4.78, 5) is 20.4. The van der Waals surface area contributed by atoms with Gasteiger partial charge in [-0.2, -0.15) is 5.26 Å². The molecule has 2 rings (SSSR count). The number of anilines is 1. The molecule has 2 heterocycles. The number of nitrogens with zero attached hydrogens (tertiary/aromatic N) is 4. The van der Waals surface area contributed by atoms with E-state index in [9.17, 15) is 4.79 Å². The van der Waals surface area contributed by atoms with Gasteiger partial charge < -0.3 is 14.5 Å².